The van der Waals surface area contributed by atoms with Crippen molar-refractivity contribution in [3.8, 4) is 5.75 Å². The molecule has 0 heterocycles. The van der Waals surface area contributed by atoms with E-state index in [0.717, 1.165) is 0 Å². The van der Waals surface area contributed by atoms with Gasteiger partial charge in [0.25, 0.3) is 11.0 Å². The third-order valence-corrected chi connectivity index (χ3v) is 1.85. The summed E-state index contributed by atoms with van der Waals surface area (Å²) >= 11 is 0. The van der Waals surface area contributed by atoms with Crippen molar-refractivity contribution in [3.63, 3.8) is 0 Å². The van der Waals surface area contributed by atoms with Crippen LogP contribution in [0, 0.1) is 0 Å². The van der Waals surface area contributed by atoms with E-state index in [1.807, 2.05) is 0 Å². The second-order valence-corrected chi connectivity index (χ2v) is 3.48. The van der Waals surface area contributed by atoms with Gasteiger partial charge in [-0.05, 0) is 18.6 Å². The van der Waals surface area contributed by atoms with Crippen LogP contribution in [0.4, 0.5) is 0 Å². The summed E-state index contributed by atoms with van der Waals surface area (Å²) in [7, 11) is -2.78. The molecule has 0 saturated carbocycles. The zero-order chi connectivity index (χ0) is 13.1. The van der Waals surface area contributed by atoms with E-state index in [1.54, 1.807) is 36.4 Å². The molecular weight excluding hydrogens is 244 g/mol. The standard InChI is InChI=1S/C6H6O3S.C5H8O2/c7-10(8)9-6-4-2-1-3-5-6;1-2-3-4-5(6)7/h1-5,10H;2H,1,3-4H2,(H,6,7). The van der Waals surface area contributed by atoms with Crippen LogP contribution in [0.3, 0.4) is 0 Å². The Balaban J connectivity index is 0.000000325. The lowest BCUT2D eigenvalue weighted by molar-refractivity contribution is -0.136. The highest BCUT2D eigenvalue weighted by atomic mass is 32.2. The highest BCUT2D eigenvalue weighted by molar-refractivity contribution is 7.67. The maximum Gasteiger partial charge on any atom is 0.303 e. The van der Waals surface area contributed by atoms with Gasteiger partial charge in [0.2, 0.25) is 0 Å². The highest BCUT2D eigenvalue weighted by Crippen LogP contribution is 2.07. The zero-order valence-electron chi connectivity index (χ0n) is 9.11. The molecule has 0 unspecified atom stereocenters. The minimum atomic E-state index is -2.78. The number of thiol groups is 1. The second kappa shape index (κ2) is 9.41. The van der Waals surface area contributed by atoms with Gasteiger partial charge in [0.1, 0.15) is 5.75 Å². The molecule has 0 bridgehead atoms. The number of para-hydroxylation sites is 1. The van der Waals surface area contributed by atoms with Crippen LogP contribution in [0.1, 0.15) is 12.8 Å². The molecule has 0 aliphatic rings. The Hall–Kier alpha value is -1.82. The van der Waals surface area contributed by atoms with Crippen LogP contribution in [0.5, 0.6) is 5.75 Å². The van der Waals surface area contributed by atoms with Gasteiger partial charge in [0, 0.05) is 6.42 Å². The van der Waals surface area contributed by atoms with Gasteiger partial charge in [0.15, 0.2) is 0 Å². The average Bonchev–Trinajstić information content (AvgIpc) is 2.27. The monoisotopic (exact) mass is 258 g/mol. The van der Waals surface area contributed by atoms with E-state index >= 15 is 0 Å². The highest BCUT2D eigenvalue weighted by Gasteiger charge is 1.89. The number of carboxylic acid groups (broad SMARTS) is 1. The summed E-state index contributed by atoms with van der Waals surface area (Å²) < 4.78 is 24.3. The summed E-state index contributed by atoms with van der Waals surface area (Å²) in [5.74, 6) is -0.418. The summed E-state index contributed by atoms with van der Waals surface area (Å²) in [6, 6.07) is 8.34. The van der Waals surface area contributed by atoms with E-state index in [1.165, 1.54) is 0 Å². The normalized spacial score (nSPS) is 9.00. The molecule has 0 aliphatic carbocycles. The maximum atomic E-state index is 9.98. The molecule has 0 aromatic heterocycles. The van der Waals surface area contributed by atoms with E-state index in [0.29, 0.717) is 12.2 Å². The summed E-state index contributed by atoms with van der Waals surface area (Å²) in [5, 5.41) is 8.00. The quantitative estimate of drug-likeness (QED) is 0.619. The molecular formula is C11H14O5S. The van der Waals surface area contributed by atoms with Crippen molar-refractivity contribution in [3.05, 3.63) is 43.0 Å². The van der Waals surface area contributed by atoms with Crippen molar-refractivity contribution in [2.24, 2.45) is 0 Å². The van der Waals surface area contributed by atoms with Gasteiger partial charge in [-0.1, -0.05) is 24.3 Å². The van der Waals surface area contributed by atoms with Gasteiger partial charge in [-0.3, -0.25) is 4.79 Å². The van der Waals surface area contributed by atoms with Crippen LogP contribution in [-0.4, -0.2) is 19.5 Å². The molecule has 17 heavy (non-hydrogen) atoms. The first kappa shape index (κ1) is 15.2. The molecule has 0 atom stereocenters. The van der Waals surface area contributed by atoms with Gasteiger partial charge >= 0.3 is 5.97 Å². The number of carbonyl (C=O) groups is 1. The molecule has 0 fully saturated rings. The van der Waals surface area contributed by atoms with Crippen molar-refractivity contribution in [1.82, 2.24) is 0 Å². The number of benzene rings is 1. The van der Waals surface area contributed by atoms with E-state index in [9.17, 15) is 13.2 Å². The van der Waals surface area contributed by atoms with Crippen molar-refractivity contribution in [1.29, 1.82) is 0 Å². The van der Waals surface area contributed by atoms with Crippen LogP contribution in [0.25, 0.3) is 0 Å². The Morgan fingerprint density at radius 3 is 2.29 bits per heavy atom. The largest absolute Gasteiger partial charge is 0.481 e. The maximum absolute atomic E-state index is 9.98. The van der Waals surface area contributed by atoms with Crippen LogP contribution >= 0.6 is 0 Å². The van der Waals surface area contributed by atoms with E-state index in [-0.39, 0.29) is 6.42 Å². The van der Waals surface area contributed by atoms with Crippen LogP contribution < -0.4 is 4.18 Å². The Morgan fingerprint density at radius 1 is 1.35 bits per heavy atom. The molecule has 0 spiro atoms. The molecule has 0 amide bonds. The molecule has 94 valence electrons. The first-order chi connectivity index (χ1) is 8.06. The van der Waals surface area contributed by atoms with E-state index in [4.69, 9.17) is 5.11 Å². The van der Waals surface area contributed by atoms with Gasteiger partial charge in [-0.2, -0.15) is 8.42 Å². The Kier molecular flexibility index (Phi) is 8.40. The van der Waals surface area contributed by atoms with Crippen LogP contribution in [-0.2, 0) is 15.8 Å². The SMILES string of the molecule is C=CCCC(=O)O.O=[SH](=O)Oc1ccccc1. The van der Waals surface area contributed by atoms with Crippen molar-refractivity contribution >= 4 is 17.0 Å². The predicted molar refractivity (Wildman–Crippen MR) is 64.5 cm³/mol. The third kappa shape index (κ3) is 10.5. The molecule has 0 radical (unpaired) electrons. The number of rotatable bonds is 5. The fourth-order valence-electron chi connectivity index (χ4n) is 0.793. The third-order valence-electron chi connectivity index (χ3n) is 1.49. The molecule has 0 aliphatic heterocycles. The lowest BCUT2D eigenvalue weighted by Gasteiger charge is -1.93. The topological polar surface area (TPSA) is 80.7 Å². The van der Waals surface area contributed by atoms with Crippen LogP contribution in [0.2, 0.25) is 0 Å². The lowest BCUT2D eigenvalue weighted by Crippen LogP contribution is -1.90. The van der Waals surface area contributed by atoms with E-state index < -0.39 is 17.0 Å². The number of hydrogen-bond donors (Lipinski definition) is 2. The summed E-state index contributed by atoms with van der Waals surface area (Å²) in [4.78, 5) is 9.71. The minimum absolute atomic E-state index is 0.198. The number of carboxylic acids is 1. The van der Waals surface area contributed by atoms with Crippen molar-refractivity contribution < 1.29 is 22.5 Å². The molecule has 5 nitrogen and oxygen atoms in total. The summed E-state index contributed by atoms with van der Waals surface area (Å²) in [5.41, 5.74) is 0. The van der Waals surface area contributed by atoms with Gasteiger partial charge in [-0.15, -0.1) is 6.58 Å². The first-order valence-corrected chi connectivity index (χ1v) is 5.86. The average molecular weight is 258 g/mol. The Morgan fingerprint density at radius 2 is 1.94 bits per heavy atom. The number of aliphatic carboxylic acids is 1. The smallest absolute Gasteiger partial charge is 0.303 e. The number of allylic oxidation sites excluding steroid dienone is 1. The molecule has 1 aromatic rings. The Labute approximate surface area is 102 Å². The molecule has 1 N–H and O–H groups in total. The van der Waals surface area contributed by atoms with Gasteiger partial charge in [-0.25, -0.2) is 0 Å². The Bertz CT molecular complexity index is 403. The first-order valence-electron chi connectivity index (χ1n) is 4.76. The predicted octanol–water partition coefficient (Wildman–Crippen LogP) is 1.63. The molecule has 0 saturated heterocycles. The van der Waals surface area contributed by atoms with Crippen molar-refractivity contribution in [2.75, 3.05) is 0 Å². The minimum Gasteiger partial charge on any atom is -0.481 e. The second-order valence-electron chi connectivity index (χ2n) is 2.85. The molecule has 1 aromatic carbocycles. The molecule has 1 rings (SSSR count). The van der Waals surface area contributed by atoms with Crippen LogP contribution in [0.15, 0.2) is 43.0 Å². The summed E-state index contributed by atoms with van der Waals surface area (Å²) in [6.45, 7) is 3.37. The van der Waals surface area contributed by atoms with E-state index in [2.05, 4.69) is 10.8 Å². The zero-order valence-corrected chi connectivity index (χ0v) is 10.0. The lowest BCUT2D eigenvalue weighted by atomic mass is 10.3. The molecule has 6 heteroatoms. The fourth-order valence-corrected chi connectivity index (χ4v) is 1.09. The fraction of sp³-hybridized carbons (Fsp3) is 0.182. The van der Waals surface area contributed by atoms with Gasteiger partial charge in [0.05, 0.1) is 0 Å². The van der Waals surface area contributed by atoms with Gasteiger partial charge < -0.3 is 9.29 Å². The number of hydrogen-bond acceptors (Lipinski definition) is 4. The van der Waals surface area contributed by atoms with Crippen molar-refractivity contribution in [2.45, 2.75) is 12.8 Å². The summed E-state index contributed by atoms with van der Waals surface area (Å²) in [6.07, 6.45) is 2.35.